The van der Waals surface area contributed by atoms with Gasteiger partial charge in [0, 0.05) is 39.2 Å². The number of halogens is 1. The van der Waals surface area contributed by atoms with Crippen LogP contribution < -0.4 is 4.90 Å². The van der Waals surface area contributed by atoms with Crippen LogP contribution in [0.4, 0.5) is 10.1 Å². The maximum atomic E-state index is 13.7. The van der Waals surface area contributed by atoms with Gasteiger partial charge >= 0.3 is 0 Å². The molecule has 0 saturated heterocycles. The second-order valence-corrected chi connectivity index (χ2v) is 5.89. The Bertz CT molecular complexity index is 719. The number of carbonyl (C=O) groups excluding carboxylic acids is 2. The first-order valence-corrected chi connectivity index (χ1v) is 8.29. The molecule has 2 aromatic rings. The minimum atomic E-state index is -0.272. The van der Waals surface area contributed by atoms with Gasteiger partial charge in [0.1, 0.15) is 5.82 Å². The number of rotatable bonds is 7. The average molecular weight is 342 g/mol. The van der Waals surface area contributed by atoms with Crippen LogP contribution in [-0.2, 0) is 16.0 Å². The van der Waals surface area contributed by atoms with Crippen molar-refractivity contribution in [1.82, 2.24) is 4.90 Å². The summed E-state index contributed by atoms with van der Waals surface area (Å²) >= 11 is 0. The van der Waals surface area contributed by atoms with E-state index in [0.29, 0.717) is 25.1 Å². The molecule has 132 valence electrons. The molecule has 0 heterocycles. The molecule has 0 N–H and O–H groups in total. The van der Waals surface area contributed by atoms with E-state index >= 15 is 0 Å². The highest BCUT2D eigenvalue weighted by Crippen LogP contribution is 2.13. The number of hydrogen-bond donors (Lipinski definition) is 0. The van der Waals surface area contributed by atoms with E-state index in [1.165, 1.54) is 13.0 Å². The van der Waals surface area contributed by atoms with Gasteiger partial charge in [-0.25, -0.2) is 4.39 Å². The first-order chi connectivity index (χ1) is 12.0. The van der Waals surface area contributed by atoms with Crippen LogP contribution in [0.25, 0.3) is 0 Å². The Morgan fingerprint density at radius 2 is 1.60 bits per heavy atom. The van der Waals surface area contributed by atoms with Crippen LogP contribution in [-0.4, -0.2) is 36.9 Å². The van der Waals surface area contributed by atoms with Crippen LogP contribution >= 0.6 is 0 Å². The van der Waals surface area contributed by atoms with Crippen molar-refractivity contribution in [2.24, 2.45) is 0 Å². The molecule has 0 atom stereocenters. The predicted molar refractivity (Wildman–Crippen MR) is 96.8 cm³/mol. The normalized spacial score (nSPS) is 10.4. The Morgan fingerprint density at radius 3 is 2.24 bits per heavy atom. The SMILES string of the molecule is CC(=O)N(CCC(=O)N(C)c1ccccc1)CCc1ccccc1F. The molecule has 0 fully saturated rings. The van der Waals surface area contributed by atoms with E-state index in [2.05, 4.69) is 0 Å². The van der Waals surface area contributed by atoms with Gasteiger partial charge in [0.15, 0.2) is 0 Å². The third-order valence-corrected chi connectivity index (χ3v) is 4.17. The Kier molecular flexibility index (Phi) is 6.69. The zero-order valence-corrected chi connectivity index (χ0v) is 14.6. The number of hydrogen-bond acceptors (Lipinski definition) is 2. The zero-order chi connectivity index (χ0) is 18.2. The fourth-order valence-electron chi connectivity index (χ4n) is 2.58. The molecule has 0 spiro atoms. The van der Waals surface area contributed by atoms with Crippen molar-refractivity contribution < 1.29 is 14.0 Å². The summed E-state index contributed by atoms with van der Waals surface area (Å²) in [7, 11) is 1.72. The molecular weight excluding hydrogens is 319 g/mol. The number of carbonyl (C=O) groups is 2. The summed E-state index contributed by atoms with van der Waals surface area (Å²) < 4.78 is 13.7. The molecule has 0 aliphatic carbocycles. The molecule has 0 saturated carbocycles. The van der Waals surface area contributed by atoms with E-state index in [4.69, 9.17) is 0 Å². The van der Waals surface area contributed by atoms with E-state index in [9.17, 15) is 14.0 Å². The van der Waals surface area contributed by atoms with E-state index in [1.54, 1.807) is 35.0 Å². The fourth-order valence-corrected chi connectivity index (χ4v) is 2.58. The third-order valence-electron chi connectivity index (χ3n) is 4.17. The third kappa shape index (κ3) is 5.41. The van der Waals surface area contributed by atoms with Gasteiger partial charge in [-0.1, -0.05) is 36.4 Å². The first kappa shape index (κ1) is 18.6. The Morgan fingerprint density at radius 1 is 0.960 bits per heavy atom. The summed E-state index contributed by atoms with van der Waals surface area (Å²) in [5.41, 5.74) is 1.38. The lowest BCUT2D eigenvalue weighted by molar-refractivity contribution is -0.129. The minimum absolute atomic E-state index is 0.0664. The van der Waals surface area contributed by atoms with Gasteiger partial charge in [0.25, 0.3) is 0 Å². The second-order valence-electron chi connectivity index (χ2n) is 5.89. The fraction of sp³-hybridized carbons (Fsp3) is 0.300. The van der Waals surface area contributed by atoms with Crippen LogP contribution in [0, 0.1) is 5.82 Å². The van der Waals surface area contributed by atoms with Crippen molar-refractivity contribution in [2.45, 2.75) is 19.8 Å². The van der Waals surface area contributed by atoms with Crippen molar-refractivity contribution in [3.8, 4) is 0 Å². The van der Waals surface area contributed by atoms with Gasteiger partial charge < -0.3 is 9.80 Å². The summed E-state index contributed by atoms with van der Waals surface area (Å²) in [4.78, 5) is 27.3. The lowest BCUT2D eigenvalue weighted by atomic mass is 10.1. The molecule has 0 aliphatic heterocycles. The molecule has 0 bridgehead atoms. The Balaban J connectivity index is 1.90. The van der Waals surface area contributed by atoms with Gasteiger partial charge in [0.05, 0.1) is 0 Å². The summed E-state index contributed by atoms with van der Waals surface area (Å²) in [6.07, 6.45) is 0.650. The standard InChI is InChI=1S/C20H23FN2O2/c1-16(24)23(14-12-17-8-6-7-11-19(17)21)15-13-20(25)22(2)18-9-4-3-5-10-18/h3-11H,12-15H2,1-2H3. The highest BCUT2D eigenvalue weighted by atomic mass is 19.1. The highest BCUT2D eigenvalue weighted by Gasteiger charge is 2.15. The van der Waals surface area contributed by atoms with Crippen molar-refractivity contribution in [3.05, 3.63) is 66.0 Å². The van der Waals surface area contributed by atoms with Crippen molar-refractivity contribution in [3.63, 3.8) is 0 Å². The van der Waals surface area contributed by atoms with E-state index in [0.717, 1.165) is 5.69 Å². The predicted octanol–water partition coefficient (Wildman–Crippen LogP) is 3.27. The van der Waals surface area contributed by atoms with Gasteiger partial charge in [-0.3, -0.25) is 9.59 Å². The monoisotopic (exact) mass is 342 g/mol. The first-order valence-electron chi connectivity index (χ1n) is 8.29. The Labute approximate surface area is 147 Å². The molecule has 0 radical (unpaired) electrons. The summed E-state index contributed by atoms with van der Waals surface area (Å²) in [6.45, 7) is 2.17. The zero-order valence-electron chi connectivity index (χ0n) is 14.6. The molecule has 25 heavy (non-hydrogen) atoms. The maximum Gasteiger partial charge on any atom is 0.228 e. The quantitative estimate of drug-likeness (QED) is 0.775. The van der Waals surface area contributed by atoms with Crippen LogP contribution in [0.3, 0.4) is 0 Å². The number of nitrogens with zero attached hydrogens (tertiary/aromatic N) is 2. The topological polar surface area (TPSA) is 40.6 Å². The van der Waals surface area contributed by atoms with Crippen LogP contribution in [0.15, 0.2) is 54.6 Å². The van der Waals surface area contributed by atoms with Crippen molar-refractivity contribution in [1.29, 1.82) is 0 Å². The minimum Gasteiger partial charge on any atom is -0.342 e. The molecule has 5 heteroatoms. The van der Waals surface area contributed by atoms with Crippen LogP contribution in [0.2, 0.25) is 0 Å². The molecular formula is C20H23FN2O2. The number of anilines is 1. The average Bonchev–Trinajstić information content (AvgIpc) is 2.62. The van der Waals surface area contributed by atoms with Gasteiger partial charge in [0.2, 0.25) is 11.8 Å². The molecule has 2 amide bonds. The smallest absolute Gasteiger partial charge is 0.228 e. The van der Waals surface area contributed by atoms with E-state index < -0.39 is 0 Å². The van der Waals surface area contributed by atoms with Crippen molar-refractivity contribution in [2.75, 3.05) is 25.0 Å². The number of amides is 2. The molecule has 4 nitrogen and oxygen atoms in total. The van der Waals surface area contributed by atoms with E-state index in [1.807, 2.05) is 30.3 Å². The van der Waals surface area contributed by atoms with Crippen molar-refractivity contribution >= 4 is 17.5 Å². The Hall–Kier alpha value is -2.69. The summed E-state index contributed by atoms with van der Waals surface area (Å²) in [6, 6.07) is 15.9. The van der Waals surface area contributed by atoms with E-state index in [-0.39, 0.29) is 24.1 Å². The largest absolute Gasteiger partial charge is 0.342 e. The molecule has 2 aromatic carbocycles. The molecule has 0 aliphatic rings. The molecule has 0 aromatic heterocycles. The second kappa shape index (κ2) is 8.97. The molecule has 2 rings (SSSR count). The number of benzene rings is 2. The van der Waals surface area contributed by atoms with Crippen LogP contribution in [0.1, 0.15) is 18.9 Å². The molecule has 0 unspecified atom stereocenters. The summed E-state index contributed by atoms with van der Waals surface area (Å²) in [5.74, 6) is -0.458. The van der Waals surface area contributed by atoms with Gasteiger partial charge in [-0.2, -0.15) is 0 Å². The van der Waals surface area contributed by atoms with Crippen LogP contribution in [0.5, 0.6) is 0 Å². The number of para-hydroxylation sites is 1. The lowest BCUT2D eigenvalue weighted by Gasteiger charge is -2.23. The lowest BCUT2D eigenvalue weighted by Crippen LogP contribution is -2.36. The maximum absolute atomic E-state index is 13.7. The van der Waals surface area contributed by atoms with Gasteiger partial charge in [-0.05, 0) is 30.2 Å². The van der Waals surface area contributed by atoms with Gasteiger partial charge in [-0.15, -0.1) is 0 Å². The summed E-state index contributed by atoms with van der Waals surface area (Å²) in [5, 5.41) is 0. The highest BCUT2D eigenvalue weighted by molar-refractivity contribution is 5.93.